The Bertz CT molecular complexity index is 353. The molecule has 0 atom stereocenters. The molecule has 0 aliphatic carbocycles. The first kappa shape index (κ1) is 11.5. The molecule has 82 valence electrons. The van der Waals surface area contributed by atoms with Crippen LogP contribution in [0.2, 0.25) is 0 Å². The summed E-state index contributed by atoms with van der Waals surface area (Å²) >= 11 is 0. The highest BCUT2D eigenvalue weighted by Gasteiger charge is 2.14. The monoisotopic (exact) mass is 211 g/mol. The molecule has 1 aromatic carbocycles. The fourth-order valence-electron chi connectivity index (χ4n) is 1.18. The van der Waals surface area contributed by atoms with Gasteiger partial charge in [-0.15, -0.1) is 0 Å². The SMILES string of the molecule is Cc1ccc(OCCC[NH3+])c([N+](=O)[O-])c1. The molecule has 0 aromatic heterocycles. The minimum absolute atomic E-state index is 0.0269. The van der Waals surface area contributed by atoms with Gasteiger partial charge in [0.15, 0.2) is 5.75 Å². The van der Waals surface area contributed by atoms with Crippen LogP contribution in [0.4, 0.5) is 5.69 Å². The molecule has 15 heavy (non-hydrogen) atoms. The number of nitro groups is 1. The van der Waals surface area contributed by atoms with Crippen molar-refractivity contribution in [1.82, 2.24) is 0 Å². The van der Waals surface area contributed by atoms with Gasteiger partial charge in [-0.05, 0) is 18.6 Å². The third-order valence-corrected chi connectivity index (χ3v) is 1.96. The van der Waals surface area contributed by atoms with Gasteiger partial charge in [0, 0.05) is 12.5 Å². The first-order chi connectivity index (χ1) is 7.15. The van der Waals surface area contributed by atoms with Crippen molar-refractivity contribution in [3.05, 3.63) is 33.9 Å². The number of nitro benzene ring substituents is 1. The molecule has 5 heteroatoms. The summed E-state index contributed by atoms with van der Waals surface area (Å²) in [7, 11) is 0. The molecule has 0 amide bonds. The number of quaternary nitrogens is 1. The fourth-order valence-corrected chi connectivity index (χ4v) is 1.18. The summed E-state index contributed by atoms with van der Waals surface area (Å²) in [5.74, 6) is 0.332. The van der Waals surface area contributed by atoms with Gasteiger partial charge in [0.1, 0.15) is 0 Å². The van der Waals surface area contributed by atoms with Gasteiger partial charge >= 0.3 is 5.69 Å². The van der Waals surface area contributed by atoms with Crippen molar-refractivity contribution >= 4 is 5.69 Å². The number of benzene rings is 1. The Hall–Kier alpha value is -1.62. The highest BCUT2D eigenvalue weighted by atomic mass is 16.6. The highest BCUT2D eigenvalue weighted by molar-refractivity contribution is 5.48. The zero-order chi connectivity index (χ0) is 11.3. The van der Waals surface area contributed by atoms with Gasteiger partial charge in [-0.25, -0.2) is 0 Å². The van der Waals surface area contributed by atoms with Crippen LogP contribution >= 0.6 is 0 Å². The molecule has 0 radical (unpaired) electrons. The Kier molecular flexibility index (Phi) is 4.05. The van der Waals surface area contributed by atoms with Crippen LogP contribution in [0, 0.1) is 17.0 Å². The third kappa shape index (κ3) is 3.21. The molecule has 1 aromatic rings. The fraction of sp³-hybridized carbons (Fsp3) is 0.400. The standard InChI is InChI=1S/C10H14N2O3/c1-8-3-4-10(15-6-2-5-11)9(7-8)12(13)14/h3-4,7H,2,5-6,11H2,1H3/p+1. The summed E-state index contributed by atoms with van der Waals surface area (Å²) in [6.07, 6.45) is 0.797. The normalized spacial score (nSPS) is 10.0. The van der Waals surface area contributed by atoms with Crippen LogP contribution < -0.4 is 10.5 Å². The first-order valence-electron chi connectivity index (χ1n) is 4.82. The molecule has 5 nitrogen and oxygen atoms in total. The predicted octanol–water partition coefficient (Wildman–Crippen LogP) is 0.914. The van der Waals surface area contributed by atoms with Crippen LogP contribution in [0.15, 0.2) is 18.2 Å². The van der Waals surface area contributed by atoms with Crippen molar-refractivity contribution in [3.8, 4) is 5.75 Å². The van der Waals surface area contributed by atoms with Crippen LogP contribution in [-0.2, 0) is 0 Å². The molecule has 0 saturated carbocycles. The topological polar surface area (TPSA) is 80.0 Å². The Morgan fingerprint density at radius 1 is 1.53 bits per heavy atom. The minimum atomic E-state index is -0.424. The van der Waals surface area contributed by atoms with Crippen molar-refractivity contribution in [2.24, 2.45) is 0 Å². The Morgan fingerprint density at radius 3 is 2.87 bits per heavy atom. The van der Waals surface area contributed by atoms with E-state index in [0.717, 1.165) is 18.5 Å². The maximum Gasteiger partial charge on any atom is 0.311 e. The summed E-state index contributed by atoms with van der Waals surface area (Å²) in [5.41, 5.74) is 4.55. The van der Waals surface area contributed by atoms with Crippen molar-refractivity contribution in [2.75, 3.05) is 13.2 Å². The van der Waals surface area contributed by atoms with Crippen molar-refractivity contribution in [1.29, 1.82) is 0 Å². The Balaban J connectivity index is 2.81. The van der Waals surface area contributed by atoms with E-state index in [-0.39, 0.29) is 5.69 Å². The highest BCUT2D eigenvalue weighted by Crippen LogP contribution is 2.27. The summed E-state index contributed by atoms with van der Waals surface area (Å²) in [4.78, 5) is 10.3. The van der Waals surface area contributed by atoms with Crippen LogP contribution in [-0.4, -0.2) is 18.1 Å². The maximum atomic E-state index is 10.7. The van der Waals surface area contributed by atoms with Crippen LogP contribution in [0.3, 0.4) is 0 Å². The van der Waals surface area contributed by atoms with E-state index in [0.29, 0.717) is 12.4 Å². The first-order valence-corrected chi connectivity index (χ1v) is 4.82. The summed E-state index contributed by atoms with van der Waals surface area (Å²) < 4.78 is 5.31. The lowest BCUT2D eigenvalue weighted by Gasteiger charge is -2.05. The number of ether oxygens (including phenoxy) is 1. The summed E-state index contributed by atoms with van der Waals surface area (Å²) in [6, 6.07) is 4.95. The zero-order valence-electron chi connectivity index (χ0n) is 8.73. The van der Waals surface area contributed by atoms with Gasteiger partial charge in [-0.3, -0.25) is 10.1 Å². The predicted molar refractivity (Wildman–Crippen MR) is 55.7 cm³/mol. The van der Waals surface area contributed by atoms with Gasteiger partial charge < -0.3 is 10.5 Å². The number of hydrogen-bond acceptors (Lipinski definition) is 3. The number of aryl methyl sites for hydroxylation is 1. The average molecular weight is 211 g/mol. The van der Waals surface area contributed by atoms with Crippen LogP contribution in [0.5, 0.6) is 5.75 Å². The zero-order valence-corrected chi connectivity index (χ0v) is 8.73. The van der Waals surface area contributed by atoms with Gasteiger partial charge in [-0.1, -0.05) is 6.07 Å². The van der Waals surface area contributed by atoms with Crippen LogP contribution in [0.25, 0.3) is 0 Å². The molecular weight excluding hydrogens is 196 g/mol. The van der Waals surface area contributed by atoms with Gasteiger partial charge in [0.05, 0.1) is 18.1 Å². The molecule has 0 fully saturated rings. The maximum absolute atomic E-state index is 10.7. The molecule has 1 rings (SSSR count). The van der Waals surface area contributed by atoms with Crippen molar-refractivity contribution in [3.63, 3.8) is 0 Å². The smallest absolute Gasteiger partial charge is 0.311 e. The Morgan fingerprint density at radius 2 is 2.27 bits per heavy atom. The second kappa shape index (κ2) is 5.31. The minimum Gasteiger partial charge on any atom is -0.487 e. The van der Waals surface area contributed by atoms with E-state index in [2.05, 4.69) is 5.73 Å². The number of hydrogen-bond donors (Lipinski definition) is 1. The Labute approximate surface area is 88.0 Å². The van der Waals surface area contributed by atoms with Crippen molar-refractivity contribution in [2.45, 2.75) is 13.3 Å². The molecule has 0 aliphatic rings. The molecule has 0 heterocycles. The van der Waals surface area contributed by atoms with E-state index in [1.165, 1.54) is 6.07 Å². The molecule has 0 spiro atoms. The lowest BCUT2D eigenvalue weighted by molar-refractivity contribution is -0.386. The molecule has 0 aliphatic heterocycles. The second-order valence-electron chi connectivity index (χ2n) is 3.28. The van der Waals surface area contributed by atoms with E-state index in [1.54, 1.807) is 12.1 Å². The lowest BCUT2D eigenvalue weighted by Crippen LogP contribution is -2.50. The van der Waals surface area contributed by atoms with E-state index < -0.39 is 4.92 Å². The molecule has 0 saturated heterocycles. The van der Waals surface area contributed by atoms with E-state index in [4.69, 9.17) is 4.74 Å². The van der Waals surface area contributed by atoms with Crippen molar-refractivity contribution < 1.29 is 15.4 Å². The molecule has 0 bridgehead atoms. The van der Waals surface area contributed by atoms with Gasteiger partial charge in [-0.2, -0.15) is 0 Å². The largest absolute Gasteiger partial charge is 0.487 e. The molecule has 0 unspecified atom stereocenters. The number of rotatable bonds is 5. The average Bonchev–Trinajstić information content (AvgIpc) is 2.20. The summed E-state index contributed by atoms with van der Waals surface area (Å²) in [5, 5.41) is 10.7. The van der Waals surface area contributed by atoms with Gasteiger partial charge in [0.25, 0.3) is 0 Å². The molecular formula is C10H15N2O3+. The summed E-state index contributed by atoms with van der Waals surface area (Å²) in [6.45, 7) is 3.04. The lowest BCUT2D eigenvalue weighted by atomic mass is 10.2. The quantitative estimate of drug-likeness (QED) is 0.446. The number of nitrogens with zero attached hydrogens (tertiary/aromatic N) is 1. The van der Waals surface area contributed by atoms with Gasteiger partial charge in [0.2, 0.25) is 0 Å². The third-order valence-electron chi connectivity index (χ3n) is 1.96. The van der Waals surface area contributed by atoms with E-state index in [1.807, 2.05) is 6.92 Å². The van der Waals surface area contributed by atoms with E-state index >= 15 is 0 Å². The van der Waals surface area contributed by atoms with E-state index in [9.17, 15) is 10.1 Å². The van der Waals surface area contributed by atoms with Crippen LogP contribution in [0.1, 0.15) is 12.0 Å². The molecule has 3 N–H and O–H groups in total. The second-order valence-corrected chi connectivity index (χ2v) is 3.28.